The Labute approximate surface area is 113 Å². The predicted octanol–water partition coefficient (Wildman–Crippen LogP) is 1.62. The summed E-state index contributed by atoms with van der Waals surface area (Å²) >= 11 is 0. The number of nitrogens with one attached hydrogen (secondary N) is 1. The average Bonchev–Trinajstić information content (AvgIpc) is 2.80. The van der Waals surface area contributed by atoms with Gasteiger partial charge in [-0.25, -0.2) is 0 Å². The minimum Gasteiger partial charge on any atom is -0.507 e. The Morgan fingerprint density at radius 1 is 1.26 bits per heavy atom. The molecule has 3 N–H and O–H groups in total. The minimum atomic E-state index is 0.0322. The molecule has 0 bridgehead atoms. The first kappa shape index (κ1) is 14.0. The van der Waals surface area contributed by atoms with E-state index in [1.165, 1.54) is 0 Å². The summed E-state index contributed by atoms with van der Waals surface area (Å²) < 4.78 is 10.5. The van der Waals surface area contributed by atoms with E-state index in [2.05, 4.69) is 19.2 Å². The van der Waals surface area contributed by atoms with Crippen molar-refractivity contribution in [3.63, 3.8) is 0 Å². The van der Waals surface area contributed by atoms with Gasteiger partial charge in [0.1, 0.15) is 5.75 Å². The summed E-state index contributed by atoms with van der Waals surface area (Å²) in [6.45, 7) is 4.99. The Bertz CT molecular complexity index is 434. The number of hydrogen-bond acceptors (Lipinski definition) is 5. The monoisotopic (exact) mass is 267 g/mol. The van der Waals surface area contributed by atoms with E-state index >= 15 is 0 Å². The second-order valence-corrected chi connectivity index (χ2v) is 5.22. The van der Waals surface area contributed by atoms with Crippen LogP contribution in [0.2, 0.25) is 0 Å². The van der Waals surface area contributed by atoms with Gasteiger partial charge in [-0.2, -0.15) is 0 Å². The molecule has 1 aliphatic heterocycles. The van der Waals surface area contributed by atoms with E-state index in [4.69, 9.17) is 9.47 Å². The van der Waals surface area contributed by atoms with Gasteiger partial charge in [0, 0.05) is 24.2 Å². The quantitative estimate of drug-likeness (QED) is 0.730. The predicted molar refractivity (Wildman–Crippen MR) is 71.4 cm³/mol. The molecule has 1 aromatic rings. The molecular formula is C14H21NO4. The lowest BCUT2D eigenvalue weighted by molar-refractivity contribution is 0.174. The van der Waals surface area contributed by atoms with Crippen LogP contribution in [0, 0.1) is 5.92 Å². The Morgan fingerprint density at radius 3 is 2.58 bits per heavy atom. The maximum Gasteiger partial charge on any atom is 0.231 e. The van der Waals surface area contributed by atoms with Crippen molar-refractivity contribution < 1.29 is 19.7 Å². The fraction of sp³-hybridized carbons (Fsp3) is 0.571. The Kier molecular flexibility index (Phi) is 4.50. The molecule has 106 valence electrons. The van der Waals surface area contributed by atoms with Crippen LogP contribution < -0.4 is 14.8 Å². The summed E-state index contributed by atoms with van der Waals surface area (Å²) in [5.41, 5.74) is 0.742. The van der Waals surface area contributed by atoms with Crippen molar-refractivity contribution in [1.29, 1.82) is 0 Å². The SMILES string of the molecule is CC(C)CC(CO)NCc1cc2c(cc1O)OCO2. The molecular weight excluding hydrogens is 246 g/mol. The lowest BCUT2D eigenvalue weighted by atomic mass is 10.0. The zero-order valence-corrected chi connectivity index (χ0v) is 11.3. The molecule has 1 aromatic carbocycles. The zero-order valence-electron chi connectivity index (χ0n) is 11.3. The van der Waals surface area contributed by atoms with Crippen LogP contribution in [-0.4, -0.2) is 29.7 Å². The molecule has 5 heteroatoms. The number of aliphatic hydroxyl groups is 1. The molecule has 0 saturated heterocycles. The first-order valence-corrected chi connectivity index (χ1v) is 6.56. The van der Waals surface area contributed by atoms with Gasteiger partial charge < -0.3 is 25.0 Å². The third-order valence-corrected chi connectivity index (χ3v) is 3.13. The van der Waals surface area contributed by atoms with Crippen molar-refractivity contribution in [2.24, 2.45) is 5.92 Å². The Hall–Kier alpha value is -1.46. The number of phenolic OH excluding ortho intramolecular Hbond substituents is 1. The first-order chi connectivity index (χ1) is 9.10. The normalized spacial score (nSPS) is 14.9. The number of benzene rings is 1. The van der Waals surface area contributed by atoms with Crippen molar-refractivity contribution in [1.82, 2.24) is 5.32 Å². The molecule has 5 nitrogen and oxygen atoms in total. The van der Waals surface area contributed by atoms with E-state index in [1.807, 2.05) is 0 Å². The maximum atomic E-state index is 9.90. The second kappa shape index (κ2) is 6.12. The highest BCUT2D eigenvalue weighted by molar-refractivity contribution is 5.51. The van der Waals surface area contributed by atoms with E-state index in [0.717, 1.165) is 12.0 Å². The molecule has 1 aliphatic rings. The average molecular weight is 267 g/mol. The van der Waals surface area contributed by atoms with Crippen LogP contribution >= 0.6 is 0 Å². The van der Waals surface area contributed by atoms with Crippen molar-refractivity contribution >= 4 is 0 Å². The molecule has 0 spiro atoms. The minimum absolute atomic E-state index is 0.0322. The molecule has 19 heavy (non-hydrogen) atoms. The van der Waals surface area contributed by atoms with Gasteiger partial charge in [0.05, 0.1) is 6.61 Å². The summed E-state index contributed by atoms with van der Waals surface area (Å²) in [5.74, 6) is 1.91. The van der Waals surface area contributed by atoms with Crippen LogP contribution in [-0.2, 0) is 6.54 Å². The van der Waals surface area contributed by atoms with Gasteiger partial charge in [0.25, 0.3) is 0 Å². The molecule has 0 aliphatic carbocycles. The number of phenols is 1. The van der Waals surface area contributed by atoms with E-state index in [9.17, 15) is 10.2 Å². The molecule has 1 heterocycles. The number of fused-ring (bicyclic) bond motifs is 1. The zero-order chi connectivity index (χ0) is 13.8. The van der Waals surface area contributed by atoms with Crippen molar-refractivity contribution in [2.45, 2.75) is 32.9 Å². The molecule has 1 unspecified atom stereocenters. The van der Waals surface area contributed by atoms with Gasteiger partial charge in [0.2, 0.25) is 6.79 Å². The largest absolute Gasteiger partial charge is 0.507 e. The van der Waals surface area contributed by atoms with Gasteiger partial charge in [-0.15, -0.1) is 0 Å². The lowest BCUT2D eigenvalue weighted by Crippen LogP contribution is -2.33. The number of hydrogen-bond donors (Lipinski definition) is 3. The highest BCUT2D eigenvalue weighted by Crippen LogP contribution is 2.37. The van der Waals surface area contributed by atoms with Crippen LogP contribution in [0.1, 0.15) is 25.8 Å². The van der Waals surface area contributed by atoms with Crippen molar-refractivity contribution in [2.75, 3.05) is 13.4 Å². The third kappa shape index (κ3) is 3.52. The Morgan fingerprint density at radius 2 is 1.95 bits per heavy atom. The maximum absolute atomic E-state index is 9.90. The molecule has 1 atom stereocenters. The van der Waals surface area contributed by atoms with Crippen LogP contribution in [0.25, 0.3) is 0 Å². The molecule has 0 aromatic heterocycles. The third-order valence-electron chi connectivity index (χ3n) is 3.13. The Balaban J connectivity index is 1.99. The fourth-order valence-electron chi connectivity index (χ4n) is 2.16. The lowest BCUT2D eigenvalue weighted by Gasteiger charge is -2.18. The number of aliphatic hydroxyl groups excluding tert-OH is 1. The highest BCUT2D eigenvalue weighted by atomic mass is 16.7. The van der Waals surface area contributed by atoms with Crippen LogP contribution in [0.3, 0.4) is 0 Å². The smallest absolute Gasteiger partial charge is 0.231 e. The summed E-state index contributed by atoms with van der Waals surface area (Å²) in [5, 5.41) is 22.5. The number of rotatable bonds is 6. The van der Waals surface area contributed by atoms with Gasteiger partial charge in [0.15, 0.2) is 11.5 Å². The molecule has 0 saturated carbocycles. The van der Waals surface area contributed by atoms with Gasteiger partial charge in [-0.3, -0.25) is 0 Å². The molecule has 2 rings (SSSR count). The summed E-state index contributed by atoms with van der Waals surface area (Å²) in [6.07, 6.45) is 0.891. The topological polar surface area (TPSA) is 71.0 Å². The molecule has 0 amide bonds. The van der Waals surface area contributed by atoms with Crippen LogP contribution in [0.4, 0.5) is 0 Å². The van der Waals surface area contributed by atoms with Gasteiger partial charge in [-0.05, 0) is 18.4 Å². The van der Waals surface area contributed by atoms with Crippen LogP contribution in [0.15, 0.2) is 12.1 Å². The summed E-state index contributed by atoms with van der Waals surface area (Å²) in [4.78, 5) is 0. The van der Waals surface area contributed by atoms with E-state index in [1.54, 1.807) is 12.1 Å². The standard InChI is InChI=1S/C14H21NO4/c1-9(2)3-11(7-16)15-6-10-4-13-14(5-12(10)17)19-8-18-13/h4-5,9,11,15-17H,3,6-8H2,1-2H3. The van der Waals surface area contributed by atoms with Crippen molar-refractivity contribution in [3.05, 3.63) is 17.7 Å². The number of ether oxygens (including phenoxy) is 2. The summed E-state index contributed by atoms with van der Waals surface area (Å²) in [7, 11) is 0. The molecule has 0 fully saturated rings. The van der Waals surface area contributed by atoms with E-state index in [-0.39, 0.29) is 25.2 Å². The highest BCUT2D eigenvalue weighted by Gasteiger charge is 2.17. The van der Waals surface area contributed by atoms with Gasteiger partial charge in [-0.1, -0.05) is 13.8 Å². The second-order valence-electron chi connectivity index (χ2n) is 5.22. The van der Waals surface area contributed by atoms with E-state index < -0.39 is 0 Å². The first-order valence-electron chi connectivity index (χ1n) is 6.56. The summed E-state index contributed by atoms with van der Waals surface area (Å²) in [6, 6.07) is 3.37. The van der Waals surface area contributed by atoms with E-state index in [0.29, 0.717) is 24.0 Å². The van der Waals surface area contributed by atoms with Crippen LogP contribution in [0.5, 0.6) is 17.2 Å². The fourth-order valence-corrected chi connectivity index (χ4v) is 2.16. The molecule has 0 radical (unpaired) electrons. The van der Waals surface area contributed by atoms with Gasteiger partial charge >= 0.3 is 0 Å². The van der Waals surface area contributed by atoms with Crippen molar-refractivity contribution in [3.8, 4) is 17.2 Å². The number of aromatic hydroxyl groups is 1.